The van der Waals surface area contributed by atoms with Crippen molar-refractivity contribution >= 4 is 11.4 Å². The molecule has 0 saturated heterocycles. The standard InChI is InChI=1S/C37H28N2O2/c38-29-11-7-27(8-12-29)37(28-9-13-30(39)14-10-28)35-21-25(23-1-15-31(40)16-2-23)5-19-33(35)34-20-6-26(22-36(34)37)24-3-17-32(41)18-4-24/h1-22,40-41H,38-39H2. The van der Waals surface area contributed by atoms with E-state index in [0.29, 0.717) is 11.4 Å². The van der Waals surface area contributed by atoms with Gasteiger partial charge in [0.25, 0.3) is 0 Å². The predicted octanol–water partition coefficient (Wildman–Crippen LogP) is 7.96. The van der Waals surface area contributed by atoms with Crippen LogP contribution in [0.25, 0.3) is 33.4 Å². The molecule has 0 aromatic heterocycles. The molecule has 6 aromatic carbocycles. The molecule has 0 unspecified atom stereocenters. The van der Waals surface area contributed by atoms with Crippen LogP contribution in [0.1, 0.15) is 22.3 Å². The Hall–Kier alpha value is -5.48. The zero-order valence-electron chi connectivity index (χ0n) is 22.3. The molecule has 4 heteroatoms. The van der Waals surface area contributed by atoms with Crippen LogP contribution in [-0.4, -0.2) is 10.2 Å². The van der Waals surface area contributed by atoms with Crippen molar-refractivity contribution < 1.29 is 10.2 Å². The summed E-state index contributed by atoms with van der Waals surface area (Å²) in [6.07, 6.45) is 0. The van der Waals surface area contributed by atoms with E-state index in [0.717, 1.165) is 55.6 Å². The van der Waals surface area contributed by atoms with Gasteiger partial charge in [-0.05, 0) is 116 Å². The highest BCUT2D eigenvalue weighted by Gasteiger charge is 2.46. The Kier molecular flexibility index (Phi) is 5.58. The van der Waals surface area contributed by atoms with Crippen LogP contribution in [-0.2, 0) is 5.41 Å². The fourth-order valence-corrected chi connectivity index (χ4v) is 6.25. The Labute approximate surface area is 238 Å². The summed E-state index contributed by atoms with van der Waals surface area (Å²) in [6.45, 7) is 0. The first-order valence-corrected chi connectivity index (χ1v) is 13.5. The van der Waals surface area contributed by atoms with Crippen molar-refractivity contribution in [1.29, 1.82) is 0 Å². The number of benzene rings is 6. The van der Waals surface area contributed by atoms with Crippen molar-refractivity contribution in [2.75, 3.05) is 11.5 Å². The predicted molar refractivity (Wildman–Crippen MR) is 167 cm³/mol. The smallest absolute Gasteiger partial charge is 0.115 e. The molecule has 0 aliphatic heterocycles. The third-order valence-corrected chi connectivity index (χ3v) is 8.23. The average molecular weight is 533 g/mol. The number of hydrogen-bond acceptors (Lipinski definition) is 4. The van der Waals surface area contributed by atoms with E-state index in [1.165, 1.54) is 0 Å². The van der Waals surface area contributed by atoms with Crippen molar-refractivity contribution in [2.24, 2.45) is 0 Å². The van der Waals surface area contributed by atoms with E-state index in [-0.39, 0.29) is 11.5 Å². The molecule has 7 rings (SSSR count). The number of hydrogen-bond donors (Lipinski definition) is 4. The number of rotatable bonds is 4. The van der Waals surface area contributed by atoms with Crippen molar-refractivity contribution in [3.63, 3.8) is 0 Å². The van der Waals surface area contributed by atoms with Gasteiger partial charge in [-0.1, -0.05) is 72.8 Å². The van der Waals surface area contributed by atoms with Crippen LogP contribution in [0.4, 0.5) is 11.4 Å². The molecule has 1 aliphatic rings. The van der Waals surface area contributed by atoms with E-state index >= 15 is 0 Å². The fraction of sp³-hybridized carbons (Fsp3) is 0.0270. The van der Waals surface area contributed by atoms with E-state index in [2.05, 4.69) is 60.7 Å². The molecule has 0 bridgehead atoms. The normalized spacial score (nSPS) is 13.0. The third-order valence-electron chi connectivity index (χ3n) is 8.23. The van der Waals surface area contributed by atoms with Crippen molar-refractivity contribution in [3.05, 3.63) is 156 Å². The van der Waals surface area contributed by atoms with Gasteiger partial charge in [-0.2, -0.15) is 0 Å². The number of nitrogens with two attached hydrogens (primary N) is 2. The summed E-state index contributed by atoms with van der Waals surface area (Å²) >= 11 is 0. The molecule has 0 fully saturated rings. The summed E-state index contributed by atoms with van der Waals surface area (Å²) in [5.41, 5.74) is 24.1. The van der Waals surface area contributed by atoms with Crippen LogP contribution in [0.5, 0.6) is 11.5 Å². The van der Waals surface area contributed by atoms with Crippen LogP contribution < -0.4 is 11.5 Å². The van der Waals surface area contributed by atoms with Gasteiger partial charge in [-0.15, -0.1) is 0 Å². The molecule has 0 saturated carbocycles. The highest BCUT2D eigenvalue weighted by Crippen LogP contribution is 2.57. The lowest BCUT2D eigenvalue weighted by Crippen LogP contribution is -2.28. The number of anilines is 2. The van der Waals surface area contributed by atoms with Crippen LogP contribution in [0, 0.1) is 0 Å². The first-order chi connectivity index (χ1) is 19.9. The van der Waals surface area contributed by atoms with Gasteiger partial charge >= 0.3 is 0 Å². The molecule has 6 aromatic rings. The number of phenolic OH excluding ortho intramolecular Hbond substituents is 2. The van der Waals surface area contributed by atoms with Crippen LogP contribution >= 0.6 is 0 Å². The van der Waals surface area contributed by atoms with Gasteiger partial charge in [0, 0.05) is 11.4 Å². The summed E-state index contributed by atoms with van der Waals surface area (Å²) in [4.78, 5) is 0. The average Bonchev–Trinajstić information content (AvgIpc) is 3.28. The number of phenols is 2. The first-order valence-electron chi connectivity index (χ1n) is 13.5. The van der Waals surface area contributed by atoms with Gasteiger partial charge in [0.05, 0.1) is 5.41 Å². The number of fused-ring (bicyclic) bond motifs is 3. The van der Waals surface area contributed by atoms with Gasteiger partial charge in [0.2, 0.25) is 0 Å². The van der Waals surface area contributed by atoms with Crippen LogP contribution in [0.15, 0.2) is 133 Å². The van der Waals surface area contributed by atoms with E-state index in [9.17, 15) is 10.2 Å². The molecule has 0 spiro atoms. The fourth-order valence-electron chi connectivity index (χ4n) is 6.25. The zero-order chi connectivity index (χ0) is 28.1. The maximum absolute atomic E-state index is 9.90. The SMILES string of the molecule is Nc1ccc(C2(c3ccc(N)cc3)c3cc(-c4ccc(O)cc4)ccc3-c3ccc(-c4ccc(O)cc4)cc32)cc1. The minimum absolute atomic E-state index is 0.238. The Balaban J connectivity index is 1.57. The van der Waals surface area contributed by atoms with Gasteiger partial charge in [-0.3, -0.25) is 0 Å². The topological polar surface area (TPSA) is 92.5 Å². The second-order valence-corrected chi connectivity index (χ2v) is 10.6. The van der Waals surface area contributed by atoms with E-state index < -0.39 is 5.41 Å². The van der Waals surface area contributed by atoms with Crippen molar-refractivity contribution in [1.82, 2.24) is 0 Å². The second-order valence-electron chi connectivity index (χ2n) is 10.6. The lowest BCUT2D eigenvalue weighted by Gasteiger charge is -2.34. The Morgan fingerprint density at radius 1 is 0.390 bits per heavy atom. The summed E-state index contributed by atoms with van der Waals surface area (Å²) < 4.78 is 0. The highest BCUT2D eigenvalue weighted by molar-refractivity contribution is 5.90. The summed E-state index contributed by atoms with van der Waals surface area (Å²) in [7, 11) is 0. The molecule has 0 amide bonds. The van der Waals surface area contributed by atoms with Crippen molar-refractivity contribution in [3.8, 4) is 44.9 Å². The second kappa shape index (κ2) is 9.32. The Morgan fingerprint density at radius 2 is 0.732 bits per heavy atom. The maximum Gasteiger partial charge on any atom is 0.115 e. The molecule has 0 radical (unpaired) electrons. The van der Waals surface area contributed by atoms with E-state index in [4.69, 9.17) is 11.5 Å². The van der Waals surface area contributed by atoms with Gasteiger partial charge < -0.3 is 21.7 Å². The van der Waals surface area contributed by atoms with Gasteiger partial charge in [-0.25, -0.2) is 0 Å². The lowest BCUT2D eigenvalue weighted by atomic mass is 9.67. The Morgan fingerprint density at radius 3 is 1.10 bits per heavy atom. The lowest BCUT2D eigenvalue weighted by molar-refractivity contribution is 0.475. The molecule has 41 heavy (non-hydrogen) atoms. The maximum atomic E-state index is 9.90. The molecular weight excluding hydrogens is 504 g/mol. The summed E-state index contributed by atoms with van der Waals surface area (Å²) in [6, 6.07) is 44.2. The first kappa shape index (κ1) is 24.6. The van der Waals surface area contributed by atoms with Gasteiger partial charge in [0.1, 0.15) is 11.5 Å². The summed E-state index contributed by atoms with van der Waals surface area (Å²) in [5, 5.41) is 19.8. The molecule has 0 atom stereocenters. The molecular formula is C37H28N2O2. The van der Waals surface area contributed by atoms with Crippen LogP contribution in [0.3, 0.4) is 0 Å². The number of nitrogen functional groups attached to an aromatic ring is 2. The number of aromatic hydroxyl groups is 2. The largest absolute Gasteiger partial charge is 0.508 e. The van der Waals surface area contributed by atoms with Crippen LogP contribution in [0.2, 0.25) is 0 Å². The molecule has 1 aliphatic carbocycles. The molecule has 4 nitrogen and oxygen atoms in total. The minimum Gasteiger partial charge on any atom is -0.508 e. The molecule has 6 N–H and O–H groups in total. The van der Waals surface area contributed by atoms with Crippen molar-refractivity contribution in [2.45, 2.75) is 5.41 Å². The monoisotopic (exact) mass is 532 g/mol. The molecule has 0 heterocycles. The quantitative estimate of drug-likeness (QED) is 0.173. The van der Waals surface area contributed by atoms with E-state index in [1.54, 1.807) is 24.3 Å². The summed E-state index contributed by atoms with van der Waals surface area (Å²) in [5.74, 6) is 0.476. The minimum atomic E-state index is -0.647. The molecule has 198 valence electrons. The highest BCUT2D eigenvalue weighted by atomic mass is 16.3. The Bertz CT molecular complexity index is 1750. The zero-order valence-corrected chi connectivity index (χ0v) is 22.3. The third kappa shape index (κ3) is 3.92. The van der Waals surface area contributed by atoms with Gasteiger partial charge in [0.15, 0.2) is 0 Å². The van der Waals surface area contributed by atoms with E-state index in [1.807, 2.05) is 48.5 Å².